The quantitative estimate of drug-likeness (QED) is 0.425. The van der Waals surface area contributed by atoms with E-state index in [-0.39, 0.29) is 75.2 Å². The highest BCUT2D eigenvalue weighted by atomic mass is 32.2. The third-order valence-electron chi connectivity index (χ3n) is 8.91. The fraction of sp³-hybridized carbons (Fsp3) is 0.556. The largest absolute Gasteiger partial charge is 0.502 e. The molecule has 6 rings (SSSR count). The Kier molecular flexibility index (Phi) is 6.25. The summed E-state index contributed by atoms with van der Waals surface area (Å²) in [6.07, 6.45) is 0.893. The number of aromatic hydroxyl groups is 1. The average molecular weight is 575 g/mol. The summed E-state index contributed by atoms with van der Waals surface area (Å²) in [4.78, 5) is 56.9. The molecule has 3 heterocycles. The first-order valence-electron chi connectivity index (χ1n) is 13.0. The third-order valence-corrected chi connectivity index (χ3v) is 11.5. The summed E-state index contributed by atoms with van der Waals surface area (Å²) < 4.78 is 10.8. The molecule has 3 fully saturated rings. The third kappa shape index (κ3) is 3.74. The van der Waals surface area contributed by atoms with Crippen molar-refractivity contribution in [1.29, 1.82) is 0 Å². The van der Waals surface area contributed by atoms with Crippen LogP contribution in [0, 0.1) is 35.5 Å². The minimum Gasteiger partial charge on any atom is -0.502 e. The number of nitrogens with zero attached hydrogens (tertiary/aromatic N) is 1. The van der Waals surface area contributed by atoms with Crippen molar-refractivity contribution in [2.75, 3.05) is 14.2 Å². The number of carbonyl (C=O) groups excluding carboxylic acids is 2. The van der Waals surface area contributed by atoms with E-state index in [1.165, 1.54) is 14.2 Å². The van der Waals surface area contributed by atoms with Gasteiger partial charge in [0.1, 0.15) is 6.04 Å². The summed E-state index contributed by atoms with van der Waals surface area (Å²) in [5.74, 6) is -3.37. The summed E-state index contributed by atoms with van der Waals surface area (Å²) in [6, 6.07) is 2.30. The van der Waals surface area contributed by atoms with Crippen LogP contribution in [-0.2, 0) is 14.4 Å². The Balaban J connectivity index is 1.45. The number of carboxylic acids is 1. The molecule has 2 aliphatic heterocycles. The maximum atomic E-state index is 13.8. The number of imide groups is 1. The smallest absolute Gasteiger partial charge is 0.326 e. The molecule has 3 N–H and O–H groups in total. The van der Waals surface area contributed by atoms with Crippen LogP contribution in [0.4, 0.5) is 0 Å². The second kappa shape index (κ2) is 9.29. The minimum atomic E-state index is -1.18. The van der Waals surface area contributed by atoms with Crippen molar-refractivity contribution in [2.24, 2.45) is 35.5 Å². The minimum absolute atomic E-state index is 0.00125. The Morgan fingerprint density at radius 3 is 2.28 bits per heavy atom. The molecular formula is C27H30N2O8S2. The van der Waals surface area contributed by atoms with E-state index in [0.717, 1.165) is 31.7 Å². The molecule has 2 saturated carbocycles. The summed E-state index contributed by atoms with van der Waals surface area (Å²) in [5, 5.41) is 21.2. The molecule has 1 saturated heterocycles. The van der Waals surface area contributed by atoms with Gasteiger partial charge in [0.15, 0.2) is 11.5 Å². The average Bonchev–Trinajstić information content (AvgIpc) is 3.61. The number of carbonyl (C=O) groups is 3. The maximum Gasteiger partial charge on any atom is 0.326 e. The van der Waals surface area contributed by atoms with E-state index < -0.39 is 23.8 Å². The molecule has 2 amide bonds. The van der Waals surface area contributed by atoms with Crippen LogP contribution in [0.1, 0.15) is 43.0 Å². The number of aliphatic carboxylic acids is 1. The number of amides is 2. The van der Waals surface area contributed by atoms with Gasteiger partial charge in [0.2, 0.25) is 17.6 Å². The Labute approximate surface area is 232 Å². The van der Waals surface area contributed by atoms with Crippen LogP contribution in [0.25, 0.3) is 0 Å². The molecule has 4 aliphatic rings. The summed E-state index contributed by atoms with van der Waals surface area (Å²) in [6.45, 7) is 3.75. The van der Waals surface area contributed by atoms with E-state index in [1.807, 2.05) is 13.8 Å². The topological polar surface area (TPSA) is 146 Å². The van der Waals surface area contributed by atoms with Gasteiger partial charge in [-0.05, 0) is 54.2 Å². The number of ether oxygens (including phenoxy) is 2. The van der Waals surface area contributed by atoms with Crippen LogP contribution in [0.3, 0.4) is 0 Å². The monoisotopic (exact) mass is 574 g/mol. The molecule has 39 heavy (non-hydrogen) atoms. The molecule has 208 valence electrons. The molecule has 2 aliphatic carbocycles. The van der Waals surface area contributed by atoms with Crippen molar-refractivity contribution in [3.8, 4) is 17.2 Å². The predicted octanol–water partition coefficient (Wildman–Crippen LogP) is 3.13. The summed E-state index contributed by atoms with van der Waals surface area (Å²) in [5.41, 5.74) is 0.786. The normalized spacial score (nSPS) is 31.3. The molecule has 1 aromatic carbocycles. The lowest BCUT2D eigenvalue weighted by molar-refractivity contribution is -0.156. The van der Waals surface area contributed by atoms with Crippen molar-refractivity contribution in [2.45, 2.75) is 48.9 Å². The lowest BCUT2D eigenvalue weighted by Crippen LogP contribution is -2.47. The van der Waals surface area contributed by atoms with Gasteiger partial charge < -0.3 is 24.7 Å². The van der Waals surface area contributed by atoms with Gasteiger partial charge in [-0.25, -0.2) is 4.79 Å². The van der Waals surface area contributed by atoms with Crippen molar-refractivity contribution < 1.29 is 34.1 Å². The van der Waals surface area contributed by atoms with Gasteiger partial charge >= 0.3 is 10.8 Å². The Hall–Kier alpha value is -2.99. The number of hydrogen-bond acceptors (Lipinski definition) is 9. The number of phenols is 1. The van der Waals surface area contributed by atoms with E-state index >= 15 is 0 Å². The Morgan fingerprint density at radius 1 is 1.10 bits per heavy atom. The zero-order chi connectivity index (χ0) is 27.9. The van der Waals surface area contributed by atoms with Gasteiger partial charge in [-0.15, -0.1) is 11.8 Å². The van der Waals surface area contributed by atoms with Crippen LogP contribution in [0.5, 0.6) is 17.2 Å². The molecule has 7 unspecified atom stereocenters. The lowest BCUT2D eigenvalue weighted by atomic mass is 9.68. The van der Waals surface area contributed by atoms with Crippen LogP contribution in [-0.4, -0.2) is 63.4 Å². The van der Waals surface area contributed by atoms with Crippen molar-refractivity contribution in [1.82, 2.24) is 9.88 Å². The number of aromatic amines is 1. The SMILES string of the molecule is COc1cc([C@H]2c3sc(=O)[nH]c3SC3C4CC(C5C(=O)N(C(CC(C)C)C(=O)O)C(=O)C45)C32)cc(OC)c1O. The number of hydrogen-bond donors (Lipinski definition) is 3. The highest BCUT2D eigenvalue weighted by molar-refractivity contribution is 8.00. The standard InChI is InChI=1S/C27H30N2O8S2/c1-9(2)5-13(26(33)34)29-24(31)18-11-8-12(19(18)25(29)32)21-17(11)16(22-23(38-21)28-27(35)39-22)10-6-14(36-3)20(30)15(7-10)37-4/h6-7,9,11-13,16-19,21,30H,5,8H2,1-4H3,(H,28,35)(H,33,34)/t11?,12?,13?,16-,17?,18?,19?,21?/m1/s1. The molecule has 2 aromatic rings. The zero-order valence-electron chi connectivity index (χ0n) is 21.9. The van der Waals surface area contributed by atoms with E-state index in [4.69, 9.17) is 9.47 Å². The fourth-order valence-electron chi connectivity index (χ4n) is 7.58. The molecule has 0 spiro atoms. The molecule has 8 atom stereocenters. The number of H-pyrrole nitrogens is 1. The number of benzene rings is 1. The number of thioether (sulfide) groups is 1. The first kappa shape index (κ1) is 26.2. The number of aromatic nitrogens is 1. The van der Waals surface area contributed by atoms with Crippen molar-refractivity contribution >= 4 is 40.9 Å². The number of rotatable bonds is 7. The predicted molar refractivity (Wildman–Crippen MR) is 142 cm³/mol. The van der Waals surface area contributed by atoms with Crippen LogP contribution in [0.2, 0.25) is 0 Å². The Bertz CT molecular complexity index is 1410. The summed E-state index contributed by atoms with van der Waals surface area (Å²) >= 11 is 2.68. The second-order valence-electron chi connectivity index (χ2n) is 11.3. The summed E-state index contributed by atoms with van der Waals surface area (Å²) in [7, 11) is 2.90. The number of thiazole rings is 1. The zero-order valence-corrected chi connectivity index (χ0v) is 23.5. The second-order valence-corrected chi connectivity index (χ2v) is 13.5. The van der Waals surface area contributed by atoms with E-state index in [1.54, 1.807) is 23.9 Å². The molecule has 1 aromatic heterocycles. The first-order chi connectivity index (χ1) is 18.6. The molecule has 12 heteroatoms. The highest BCUT2D eigenvalue weighted by Gasteiger charge is 2.70. The number of fused-ring (bicyclic) bond motifs is 9. The highest BCUT2D eigenvalue weighted by Crippen LogP contribution is 2.69. The van der Waals surface area contributed by atoms with Crippen LogP contribution >= 0.6 is 23.1 Å². The van der Waals surface area contributed by atoms with Gasteiger partial charge in [-0.1, -0.05) is 25.2 Å². The number of likely N-dealkylation sites (tertiary alicyclic amines) is 1. The van der Waals surface area contributed by atoms with E-state index in [2.05, 4.69) is 4.98 Å². The number of methoxy groups -OCH3 is 2. The molecule has 0 radical (unpaired) electrons. The van der Waals surface area contributed by atoms with Gasteiger partial charge in [0.25, 0.3) is 0 Å². The fourth-order valence-corrected chi connectivity index (χ4v) is 10.5. The van der Waals surface area contributed by atoms with Gasteiger partial charge in [-0.2, -0.15) is 0 Å². The molecule has 2 bridgehead atoms. The Morgan fingerprint density at radius 2 is 1.72 bits per heavy atom. The van der Waals surface area contributed by atoms with Crippen molar-refractivity contribution in [3.05, 3.63) is 32.2 Å². The van der Waals surface area contributed by atoms with Crippen LogP contribution < -0.4 is 14.3 Å². The maximum absolute atomic E-state index is 13.8. The lowest BCUT2D eigenvalue weighted by Gasteiger charge is -2.43. The van der Waals surface area contributed by atoms with Crippen LogP contribution in [0.15, 0.2) is 22.0 Å². The van der Waals surface area contributed by atoms with Gasteiger partial charge in [0.05, 0.1) is 31.1 Å². The number of phenolic OH excluding ortho intramolecular Hbond substituents is 1. The van der Waals surface area contributed by atoms with Crippen molar-refractivity contribution in [3.63, 3.8) is 0 Å². The van der Waals surface area contributed by atoms with Gasteiger partial charge in [0, 0.05) is 16.0 Å². The molecular weight excluding hydrogens is 544 g/mol. The number of carboxylic acid groups (broad SMARTS) is 1. The van der Waals surface area contributed by atoms with E-state index in [0.29, 0.717) is 6.42 Å². The first-order valence-corrected chi connectivity index (χ1v) is 14.7. The van der Waals surface area contributed by atoms with Gasteiger partial charge in [-0.3, -0.25) is 19.3 Å². The van der Waals surface area contributed by atoms with E-state index in [9.17, 15) is 29.4 Å². The number of nitrogens with one attached hydrogen (secondary N) is 1. The molecule has 10 nitrogen and oxygen atoms in total.